The van der Waals surface area contributed by atoms with Crippen molar-refractivity contribution in [3.05, 3.63) is 119 Å². The van der Waals surface area contributed by atoms with Crippen LogP contribution in [0.4, 0.5) is 33.3 Å². The Hall–Kier alpha value is -5.64. The van der Waals surface area contributed by atoms with Crippen LogP contribution in [-0.4, -0.2) is 56.7 Å². The summed E-state index contributed by atoms with van der Waals surface area (Å²) in [6.07, 6.45) is 0.867. The number of imide groups is 2. The van der Waals surface area contributed by atoms with Crippen molar-refractivity contribution in [1.29, 1.82) is 0 Å². The predicted molar refractivity (Wildman–Crippen MR) is 197 cm³/mol. The maximum Gasteiger partial charge on any atom is 0.258 e. The number of allylic oxidation sites excluding steroid dienone is 2. The lowest BCUT2D eigenvalue weighted by molar-refractivity contribution is -0.125. The van der Waals surface area contributed by atoms with Gasteiger partial charge in [0.1, 0.15) is 23.6 Å². The van der Waals surface area contributed by atoms with Gasteiger partial charge in [0.05, 0.1) is 24.1 Å². The molecule has 10 nitrogen and oxygen atoms in total. The fraction of sp³-hybridized carbons (Fsp3) is 0.244. The summed E-state index contributed by atoms with van der Waals surface area (Å²) >= 11 is 14.5. The van der Waals surface area contributed by atoms with Gasteiger partial charge in [0.15, 0.2) is 38.6 Å². The molecule has 4 amide bonds. The van der Waals surface area contributed by atoms with E-state index >= 15 is 8.78 Å². The normalized spacial score (nSPS) is 26.6. The van der Waals surface area contributed by atoms with E-state index in [-0.39, 0.29) is 40.5 Å². The molecular weight excluding hydrogens is 812 g/mol. The molecule has 2 aliphatic carbocycles. The topological polar surface area (TPSA) is 130 Å². The largest absolute Gasteiger partial charge is 0.491 e. The first-order valence-electron chi connectivity index (χ1n) is 17.9. The van der Waals surface area contributed by atoms with Gasteiger partial charge in [-0.15, -0.1) is 23.2 Å². The first-order valence-corrected chi connectivity index (χ1v) is 18.6. The molecule has 9 rings (SSSR count). The second kappa shape index (κ2) is 13.5. The summed E-state index contributed by atoms with van der Waals surface area (Å²) in [6.45, 7) is -0.706. The average Bonchev–Trinajstić information content (AvgIpc) is 3.82. The van der Waals surface area contributed by atoms with E-state index in [2.05, 4.69) is 4.98 Å². The summed E-state index contributed by atoms with van der Waals surface area (Å²) in [5.74, 6) is -21.3. The number of ether oxygens (including phenoxy) is 1. The summed E-state index contributed by atoms with van der Waals surface area (Å²) in [5, 5.41) is 9.56. The zero-order chi connectivity index (χ0) is 41.0. The van der Waals surface area contributed by atoms with Crippen molar-refractivity contribution in [1.82, 2.24) is 4.98 Å². The van der Waals surface area contributed by atoms with E-state index in [1.807, 2.05) is 6.07 Å². The van der Waals surface area contributed by atoms with E-state index in [1.165, 1.54) is 30.3 Å². The van der Waals surface area contributed by atoms with Gasteiger partial charge >= 0.3 is 0 Å². The fourth-order valence-corrected chi connectivity index (χ4v) is 9.85. The molecule has 0 bridgehead atoms. The average molecular weight is 839 g/mol. The maximum atomic E-state index is 15.4. The third kappa shape index (κ3) is 5.08. The van der Waals surface area contributed by atoms with Gasteiger partial charge in [0.25, 0.3) is 11.8 Å². The number of hydrogen-bond donors (Lipinski definition) is 1. The number of aromatic nitrogens is 1. The zero-order valence-electron chi connectivity index (χ0n) is 29.5. The highest BCUT2D eigenvalue weighted by Gasteiger charge is 2.77. The molecule has 58 heavy (non-hydrogen) atoms. The number of fused-ring (bicyclic) bond motifs is 5. The number of oxazole rings is 1. The zero-order valence-corrected chi connectivity index (χ0v) is 31.0. The second-order valence-corrected chi connectivity index (χ2v) is 15.6. The Morgan fingerprint density at radius 1 is 0.793 bits per heavy atom. The van der Waals surface area contributed by atoms with Crippen molar-refractivity contribution >= 4 is 69.3 Å². The number of carbonyl (C=O) groups is 4. The maximum absolute atomic E-state index is 15.4. The lowest BCUT2D eigenvalue weighted by atomic mass is 9.56. The van der Waals surface area contributed by atoms with Crippen LogP contribution in [0.2, 0.25) is 0 Å². The molecule has 5 aromatic rings. The van der Waals surface area contributed by atoms with E-state index in [4.69, 9.17) is 32.4 Å². The SMILES string of the molecule is O=C1[C@H]2[C@H](CC=C3[C@H]2C[C@@]2(Cl)C(=O)N(c4c(F)c(F)c(F)c(F)c4F)C(=O)[C@@]2(Cl)[C@H]3c2ccccc2OCCO)C(=O)N1c1ccc(-c2nc3ccccc3o2)cc1. The molecule has 0 spiro atoms. The Morgan fingerprint density at radius 2 is 1.45 bits per heavy atom. The monoisotopic (exact) mass is 837 g/mol. The van der Waals surface area contributed by atoms with Crippen LogP contribution >= 0.6 is 23.2 Å². The summed E-state index contributed by atoms with van der Waals surface area (Å²) in [4.78, 5) is 57.6. The minimum atomic E-state index is -2.73. The lowest BCUT2D eigenvalue weighted by Crippen LogP contribution is -2.60. The molecule has 0 radical (unpaired) electrons. The van der Waals surface area contributed by atoms with Gasteiger partial charge in [-0.2, -0.15) is 0 Å². The van der Waals surface area contributed by atoms with Crippen molar-refractivity contribution in [2.24, 2.45) is 17.8 Å². The summed E-state index contributed by atoms with van der Waals surface area (Å²) in [5.41, 5.74) is 0.419. The van der Waals surface area contributed by atoms with E-state index in [1.54, 1.807) is 42.5 Å². The van der Waals surface area contributed by atoms with E-state index < -0.39 is 105 Å². The molecule has 2 aliphatic heterocycles. The molecule has 1 aromatic heterocycles. The number of aliphatic hydroxyl groups excluding tert-OH is 1. The number of carbonyl (C=O) groups excluding carboxylic acids is 4. The summed E-state index contributed by atoms with van der Waals surface area (Å²) in [6, 6.07) is 19.5. The highest BCUT2D eigenvalue weighted by molar-refractivity contribution is 6.58. The molecule has 4 aromatic carbocycles. The Bertz CT molecular complexity index is 2600. The van der Waals surface area contributed by atoms with Gasteiger partial charge in [0, 0.05) is 17.0 Å². The first-order chi connectivity index (χ1) is 27.7. The Balaban J connectivity index is 1.15. The molecule has 6 atom stereocenters. The van der Waals surface area contributed by atoms with Crippen LogP contribution in [0.1, 0.15) is 24.3 Å². The number of hydrogen-bond acceptors (Lipinski definition) is 8. The summed E-state index contributed by atoms with van der Waals surface area (Å²) < 4.78 is 85.7. The Morgan fingerprint density at radius 3 is 2.14 bits per heavy atom. The molecule has 3 heterocycles. The van der Waals surface area contributed by atoms with Crippen LogP contribution in [0.25, 0.3) is 22.6 Å². The van der Waals surface area contributed by atoms with Crippen molar-refractivity contribution in [3.8, 4) is 17.2 Å². The van der Waals surface area contributed by atoms with Crippen molar-refractivity contribution in [2.75, 3.05) is 23.0 Å². The van der Waals surface area contributed by atoms with Gasteiger partial charge in [-0.1, -0.05) is 42.0 Å². The quantitative estimate of drug-likeness (QED) is 0.0451. The third-order valence-electron chi connectivity index (χ3n) is 11.5. The number of nitrogens with zero attached hydrogens (tertiary/aromatic N) is 3. The first kappa shape index (κ1) is 37.9. The van der Waals surface area contributed by atoms with Crippen LogP contribution < -0.4 is 14.5 Å². The van der Waals surface area contributed by atoms with Gasteiger partial charge in [-0.05, 0) is 61.2 Å². The van der Waals surface area contributed by atoms with Crippen molar-refractivity contribution in [2.45, 2.75) is 28.5 Å². The molecule has 0 unspecified atom stereocenters. The molecule has 296 valence electrons. The molecule has 2 saturated heterocycles. The number of amides is 4. The second-order valence-electron chi connectivity index (χ2n) is 14.3. The van der Waals surface area contributed by atoms with Crippen molar-refractivity contribution < 1.29 is 55.4 Å². The number of rotatable bonds is 7. The van der Waals surface area contributed by atoms with Gasteiger partial charge < -0.3 is 14.3 Å². The number of benzene rings is 4. The predicted octanol–water partition coefficient (Wildman–Crippen LogP) is 7.33. The molecule has 1 N–H and O–H groups in total. The smallest absolute Gasteiger partial charge is 0.258 e. The van der Waals surface area contributed by atoms with Gasteiger partial charge in [-0.25, -0.2) is 31.8 Å². The molecule has 1 saturated carbocycles. The third-order valence-corrected chi connectivity index (χ3v) is 12.9. The number of alkyl halides is 2. The highest BCUT2D eigenvalue weighted by Crippen LogP contribution is 2.67. The lowest BCUT2D eigenvalue weighted by Gasteiger charge is -2.50. The molecule has 3 fully saturated rings. The number of aliphatic hydroxyl groups is 1. The van der Waals surface area contributed by atoms with Crippen LogP contribution in [0.5, 0.6) is 5.75 Å². The van der Waals surface area contributed by atoms with Gasteiger partial charge in [0.2, 0.25) is 23.5 Å². The van der Waals surface area contributed by atoms with Crippen molar-refractivity contribution in [3.63, 3.8) is 0 Å². The minimum absolute atomic E-state index is 0.0358. The molecule has 4 aliphatic rings. The van der Waals surface area contributed by atoms with Crippen LogP contribution in [0, 0.1) is 46.8 Å². The van der Waals surface area contributed by atoms with Gasteiger partial charge in [-0.3, -0.25) is 24.1 Å². The molecule has 17 heteroatoms. The fourth-order valence-electron chi connectivity index (χ4n) is 8.92. The van der Waals surface area contributed by atoms with Crippen LogP contribution in [0.3, 0.4) is 0 Å². The number of para-hydroxylation sites is 3. The molecular formula is C41H26Cl2F5N3O7. The number of anilines is 2. The van der Waals surface area contributed by atoms with Crippen LogP contribution in [0.15, 0.2) is 88.9 Å². The van der Waals surface area contributed by atoms with E-state index in [9.17, 15) is 37.5 Å². The minimum Gasteiger partial charge on any atom is -0.491 e. The Labute approximate surface area is 334 Å². The van der Waals surface area contributed by atoms with E-state index in [0.29, 0.717) is 22.6 Å². The Kier molecular flexibility index (Phi) is 8.80. The standard InChI is InChI=1S/C41H26Cl2F5N3O7/c42-40-17-23-20(13-14-22-27(23)37(54)50(36(22)53)19-11-9-18(10-12-19)35-49-24-6-2-4-8-26(24)58-35)28(21-5-1-3-7-25(21)57-16-15-52)41(40,43)39(56)51(38(40)55)34-32(47)30(45)29(44)31(46)33(34)48/h1-13,22-23,27-28,52H,14-17H2/t22-,23+,27-,28+,40+,41-/m0/s1. The van der Waals surface area contributed by atoms with E-state index in [0.717, 1.165) is 4.90 Å². The summed E-state index contributed by atoms with van der Waals surface area (Å²) in [7, 11) is 0. The van der Waals surface area contributed by atoms with Crippen LogP contribution in [-0.2, 0) is 19.2 Å². The number of halogens is 7. The highest BCUT2D eigenvalue weighted by atomic mass is 35.5.